The van der Waals surface area contributed by atoms with Gasteiger partial charge in [-0.25, -0.2) is 4.99 Å². The zero-order valence-electron chi connectivity index (χ0n) is 25.4. The number of nitrogens with zero attached hydrogens (tertiary/aromatic N) is 3. The van der Waals surface area contributed by atoms with Crippen LogP contribution in [0, 0.1) is 0 Å². The second-order valence-corrected chi connectivity index (χ2v) is 10.9. The number of likely N-dealkylation sites (N-methyl/N-ethyl adjacent to an activating group) is 1. The number of rotatable bonds is 9. The Hall–Kier alpha value is -4.57. The molecule has 0 unspecified atom stereocenters. The lowest BCUT2D eigenvalue weighted by Crippen LogP contribution is -2.43. The van der Waals surface area contributed by atoms with Gasteiger partial charge in [0.1, 0.15) is 17.5 Å². The average molecular weight is 602 g/mol. The van der Waals surface area contributed by atoms with Crippen molar-refractivity contribution in [2.75, 3.05) is 41.5 Å². The number of aromatic nitrogens is 1. The van der Waals surface area contributed by atoms with Crippen LogP contribution in [0.3, 0.4) is 0 Å². The molecule has 0 fully saturated rings. The number of hydrogen-bond acceptors (Lipinski definition) is 8. The molecule has 10 heteroatoms. The first kappa shape index (κ1) is 29.9. The van der Waals surface area contributed by atoms with Crippen molar-refractivity contribution in [3.8, 4) is 23.0 Å². The summed E-state index contributed by atoms with van der Waals surface area (Å²) < 4.78 is 24.5. The van der Waals surface area contributed by atoms with Crippen molar-refractivity contribution < 1.29 is 23.7 Å². The summed E-state index contributed by atoms with van der Waals surface area (Å²) in [6.07, 6.45) is 1.76. The van der Waals surface area contributed by atoms with Crippen molar-refractivity contribution >= 4 is 34.1 Å². The molecule has 1 aliphatic rings. The van der Waals surface area contributed by atoms with Crippen LogP contribution in [-0.2, 0) is 4.79 Å². The fraction of sp³-hybridized carbons (Fsp3) is 0.303. The van der Waals surface area contributed by atoms with Crippen LogP contribution in [0.1, 0.15) is 37.9 Å². The zero-order valence-corrected chi connectivity index (χ0v) is 26.2. The molecule has 1 amide bonds. The molecule has 5 rings (SSSR count). The first-order valence-corrected chi connectivity index (χ1v) is 14.8. The smallest absolute Gasteiger partial charge is 0.271 e. The second-order valence-electron chi connectivity index (χ2n) is 9.91. The minimum atomic E-state index is -0.764. The molecular weight excluding hydrogens is 566 g/mol. The maximum atomic E-state index is 14.4. The number of ether oxygens (including phenoxy) is 4. The molecule has 224 valence electrons. The van der Waals surface area contributed by atoms with Crippen LogP contribution in [0.15, 0.2) is 69.6 Å². The van der Waals surface area contributed by atoms with E-state index in [1.54, 1.807) is 56.1 Å². The molecular formula is C33H35N3O6S. The summed E-state index contributed by atoms with van der Waals surface area (Å²) in [5.41, 5.74) is 2.11. The highest BCUT2D eigenvalue weighted by Crippen LogP contribution is 2.41. The third-order valence-corrected chi connectivity index (χ3v) is 8.73. The Morgan fingerprint density at radius 3 is 2.23 bits per heavy atom. The summed E-state index contributed by atoms with van der Waals surface area (Å²) in [5, 5.41) is 1.86. The van der Waals surface area contributed by atoms with Gasteiger partial charge < -0.3 is 23.8 Å². The summed E-state index contributed by atoms with van der Waals surface area (Å²) in [4.78, 5) is 35.6. The SMILES string of the molecule is CCN(CC)C(=O)C1=C(C)N=c2s/c(=C/c3cc(OC)c(OC)cc3OC)c(=O)n2[C@@H]1c1c(OC)ccc2ccccc12. The summed E-state index contributed by atoms with van der Waals surface area (Å²) in [5.74, 6) is 1.95. The monoisotopic (exact) mass is 601 g/mol. The van der Waals surface area contributed by atoms with E-state index in [2.05, 4.69) is 0 Å². The minimum absolute atomic E-state index is 0.165. The Balaban J connectivity index is 1.85. The number of carbonyl (C=O) groups is 1. The maximum Gasteiger partial charge on any atom is 0.271 e. The number of methoxy groups -OCH3 is 4. The molecule has 0 spiro atoms. The number of allylic oxidation sites excluding steroid dienone is 1. The van der Waals surface area contributed by atoms with Gasteiger partial charge in [-0.2, -0.15) is 0 Å². The van der Waals surface area contributed by atoms with Crippen molar-refractivity contribution in [3.63, 3.8) is 0 Å². The lowest BCUT2D eigenvalue weighted by atomic mass is 9.90. The van der Waals surface area contributed by atoms with Crippen molar-refractivity contribution in [1.82, 2.24) is 9.47 Å². The molecule has 0 saturated heterocycles. The van der Waals surface area contributed by atoms with Crippen LogP contribution in [0.2, 0.25) is 0 Å². The zero-order chi connectivity index (χ0) is 30.8. The van der Waals surface area contributed by atoms with Crippen molar-refractivity contribution in [2.24, 2.45) is 4.99 Å². The van der Waals surface area contributed by atoms with Crippen LogP contribution in [0.25, 0.3) is 16.8 Å². The van der Waals surface area contributed by atoms with Crippen molar-refractivity contribution in [1.29, 1.82) is 0 Å². The third-order valence-electron chi connectivity index (χ3n) is 7.75. The van der Waals surface area contributed by atoms with Gasteiger partial charge in [-0.15, -0.1) is 0 Å². The molecule has 0 N–H and O–H groups in total. The summed E-state index contributed by atoms with van der Waals surface area (Å²) in [6.45, 7) is 6.76. The van der Waals surface area contributed by atoms with Crippen LogP contribution in [0.5, 0.6) is 23.0 Å². The Labute approximate surface area is 253 Å². The van der Waals surface area contributed by atoms with Gasteiger partial charge in [-0.1, -0.05) is 41.7 Å². The predicted octanol–water partition coefficient (Wildman–Crippen LogP) is 4.29. The Kier molecular flexibility index (Phi) is 8.59. The topological polar surface area (TPSA) is 91.6 Å². The minimum Gasteiger partial charge on any atom is -0.496 e. The number of amides is 1. The number of benzene rings is 3. The molecule has 0 aliphatic carbocycles. The highest BCUT2D eigenvalue weighted by molar-refractivity contribution is 7.07. The first-order valence-electron chi connectivity index (χ1n) is 14.0. The molecule has 1 atom stereocenters. The molecule has 43 heavy (non-hydrogen) atoms. The summed E-state index contributed by atoms with van der Waals surface area (Å²) in [7, 11) is 6.26. The van der Waals surface area contributed by atoms with Gasteiger partial charge in [0, 0.05) is 30.3 Å². The van der Waals surface area contributed by atoms with Gasteiger partial charge in [0.2, 0.25) is 0 Å². The highest BCUT2D eigenvalue weighted by atomic mass is 32.1. The number of hydrogen-bond donors (Lipinski definition) is 0. The third kappa shape index (κ3) is 5.16. The van der Waals surface area contributed by atoms with E-state index < -0.39 is 6.04 Å². The lowest BCUT2D eigenvalue weighted by molar-refractivity contribution is -0.127. The van der Waals surface area contributed by atoms with Gasteiger partial charge in [0.15, 0.2) is 16.3 Å². The molecule has 9 nitrogen and oxygen atoms in total. The van der Waals surface area contributed by atoms with E-state index in [9.17, 15) is 9.59 Å². The van der Waals surface area contributed by atoms with Crippen LogP contribution < -0.4 is 33.8 Å². The van der Waals surface area contributed by atoms with Gasteiger partial charge in [0.05, 0.1) is 44.2 Å². The number of fused-ring (bicyclic) bond motifs is 2. The fourth-order valence-electron chi connectivity index (χ4n) is 5.59. The van der Waals surface area contributed by atoms with E-state index in [0.717, 1.165) is 16.3 Å². The van der Waals surface area contributed by atoms with Crippen LogP contribution in [0.4, 0.5) is 0 Å². The quantitative estimate of drug-likeness (QED) is 0.284. The lowest BCUT2D eigenvalue weighted by Gasteiger charge is -2.30. The molecule has 1 aliphatic heterocycles. The molecule has 0 bridgehead atoms. The van der Waals surface area contributed by atoms with E-state index in [1.165, 1.54) is 11.3 Å². The molecule has 1 aromatic heterocycles. The second kappa shape index (κ2) is 12.3. The normalized spacial score (nSPS) is 14.8. The van der Waals surface area contributed by atoms with Crippen molar-refractivity contribution in [2.45, 2.75) is 26.8 Å². The summed E-state index contributed by atoms with van der Waals surface area (Å²) in [6, 6.07) is 14.5. The largest absolute Gasteiger partial charge is 0.496 e. The van der Waals surface area contributed by atoms with Crippen LogP contribution >= 0.6 is 11.3 Å². The fourth-order valence-corrected chi connectivity index (χ4v) is 6.63. The van der Waals surface area contributed by atoms with E-state index >= 15 is 0 Å². The molecule has 0 radical (unpaired) electrons. The van der Waals surface area contributed by atoms with E-state index in [0.29, 0.717) is 62.3 Å². The van der Waals surface area contributed by atoms with Crippen molar-refractivity contribution in [3.05, 3.63) is 90.6 Å². The van der Waals surface area contributed by atoms with Gasteiger partial charge in [-0.05, 0) is 49.8 Å². The Morgan fingerprint density at radius 2 is 1.58 bits per heavy atom. The summed E-state index contributed by atoms with van der Waals surface area (Å²) >= 11 is 1.25. The number of carbonyl (C=O) groups excluding carboxylic acids is 1. The molecule has 4 aromatic rings. The molecule has 3 aromatic carbocycles. The Bertz CT molecular complexity index is 1920. The van der Waals surface area contributed by atoms with Crippen LogP contribution in [-0.4, -0.2) is 56.9 Å². The van der Waals surface area contributed by atoms with E-state index in [4.69, 9.17) is 23.9 Å². The van der Waals surface area contributed by atoms with Gasteiger partial charge in [0.25, 0.3) is 11.5 Å². The maximum absolute atomic E-state index is 14.4. The van der Waals surface area contributed by atoms with Gasteiger partial charge >= 0.3 is 0 Å². The average Bonchev–Trinajstić information content (AvgIpc) is 3.33. The van der Waals surface area contributed by atoms with E-state index in [-0.39, 0.29) is 11.5 Å². The first-order chi connectivity index (χ1) is 20.8. The predicted molar refractivity (Wildman–Crippen MR) is 168 cm³/mol. The molecule has 0 saturated carbocycles. The standard InChI is InChI=1S/C33H35N3O6S/c1-8-35(9-2)32(38)28-19(3)34-33-36(30(28)29-22-13-11-10-12-20(22)14-15-23(29)39-4)31(37)27(43-33)17-21-16-25(41-6)26(42-7)18-24(21)40-5/h10-18,30H,8-9H2,1-7H3/b27-17+/t30-/m0/s1. The number of thiazole rings is 1. The van der Waals surface area contributed by atoms with Gasteiger partial charge in [-0.3, -0.25) is 14.2 Å². The Morgan fingerprint density at radius 1 is 0.930 bits per heavy atom. The van der Waals surface area contributed by atoms with E-state index in [1.807, 2.05) is 57.2 Å². The molecule has 2 heterocycles. The highest BCUT2D eigenvalue weighted by Gasteiger charge is 2.36.